The summed E-state index contributed by atoms with van der Waals surface area (Å²) >= 11 is 0. The van der Waals surface area contributed by atoms with Gasteiger partial charge in [0.15, 0.2) is 0 Å². The van der Waals surface area contributed by atoms with Crippen LogP contribution in [0.5, 0.6) is 0 Å². The van der Waals surface area contributed by atoms with Crippen molar-refractivity contribution in [2.75, 3.05) is 32.7 Å². The minimum atomic E-state index is -0.0556. The Morgan fingerprint density at radius 1 is 1.33 bits per heavy atom. The van der Waals surface area contributed by atoms with E-state index in [9.17, 15) is 4.79 Å². The quantitative estimate of drug-likeness (QED) is 0.843. The lowest BCUT2D eigenvalue weighted by Gasteiger charge is -2.14. The van der Waals surface area contributed by atoms with E-state index >= 15 is 0 Å². The molecule has 0 aromatic heterocycles. The zero-order chi connectivity index (χ0) is 14.9. The highest BCUT2D eigenvalue weighted by molar-refractivity contribution is 5.73. The lowest BCUT2D eigenvalue weighted by Crippen LogP contribution is -2.38. The Labute approximate surface area is 127 Å². The summed E-state index contributed by atoms with van der Waals surface area (Å²) in [7, 11) is 0. The van der Waals surface area contributed by atoms with Gasteiger partial charge in [-0.25, -0.2) is 4.79 Å². The van der Waals surface area contributed by atoms with Crippen LogP contribution in [0.2, 0.25) is 0 Å². The van der Waals surface area contributed by atoms with E-state index in [2.05, 4.69) is 52.0 Å². The van der Waals surface area contributed by atoms with Gasteiger partial charge >= 0.3 is 6.03 Å². The van der Waals surface area contributed by atoms with Crippen LogP contribution in [0, 0.1) is 5.92 Å². The number of likely N-dealkylation sites (tertiary alicyclic amines) is 1. The van der Waals surface area contributed by atoms with E-state index in [0.29, 0.717) is 12.5 Å². The third kappa shape index (κ3) is 5.60. The van der Waals surface area contributed by atoms with Gasteiger partial charge in [-0.3, -0.25) is 4.90 Å². The van der Waals surface area contributed by atoms with E-state index < -0.39 is 0 Å². The Balaban J connectivity index is 1.66. The van der Waals surface area contributed by atoms with Crippen LogP contribution >= 0.6 is 0 Å². The molecule has 1 unspecified atom stereocenters. The first-order valence-electron chi connectivity index (χ1n) is 7.73. The molecule has 0 saturated carbocycles. The van der Waals surface area contributed by atoms with Gasteiger partial charge in [0.1, 0.15) is 0 Å². The first-order valence-corrected chi connectivity index (χ1v) is 7.73. The maximum absolute atomic E-state index is 11.4. The predicted octanol–water partition coefficient (Wildman–Crippen LogP) is 2.34. The maximum Gasteiger partial charge on any atom is 0.314 e. The van der Waals surface area contributed by atoms with Crippen LogP contribution in [0.4, 0.5) is 4.79 Å². The SMILES string of the molecule is CCNC(=O)NCC1CCN(CC=Cc2ccccc2)C1. The van der Waals surface area contributed by atoms with Crippen molar-refractivity contribution in [3.8, 4) is 0 Å². The largest absolute Gasteiger partial charge is 0.338 e. The number of benzene rings is 1. The van der Waals surface area contributed by atoms with Gasteiger partial charge in [0.05, 0.1) is 0 Å². The average molecular weight is 287 g/mol. The number of carbonyl (C=O) groups excluding carboxylic acids is 1. The molecule has 1 atom stereocenters. The number of urea groups is 1. The fraction of sp³-hybridized carbons (Fsp3) is 0.471. The average Bonchev–Trinajstić information content (AvgIpc) is 2.95. The topological polar surface area (TPSA) is 44.4 Å². The Kier molecular flexibility index (Phi) is 6.28. The van der Waals surface area contributed by atoms with Crippen molar-refractivity contribution in [2.24, 2.45) is 5.92 Å². The van der Waals surface area contributed by atoms with Gasteiger partial charge in [-0.1, -0.05) is 42.5 Å². The van der Waals surface area contributed by atoms with Crippen molar-refractivity contribution in [1.29, 1.82) is 0 Å². The molecule has 4 nitrogen and oxygen atoms in total. The summed E-state index contributed by atoms with van der Waals surface area (Å²) in [6, 6.07) is 10.3. The van der Waals surface area contributed by atoms with Crippen LogP contribution < -0.4 is 10.6 Å². The maximum atomic E-state index is 11.4. The van der Waals surface area contributed by atoms with Crippen LogP contribution in [-0.2, 0) is 0 Å². The molecular weight excluding hydrogens is 262 g/mol. The van der Waals surface area contributed by atoms with Crippen molar-refractivity contribution in [3.63, 3.8) is 0 Å². The number of amides is 2. The third-order valence-electron chi connectivity index (χ3n) is 3.73. The zero-order valence-electron chi connectivity index (χ0n) is 12.7. The van der Waals surface area contributed by atoms with Crippen molar-refractivity contribution in [3.05, 3.63) is 42.0 Å². The summed E-state index contributed by atoms with van der Waals surface area (Å²) < 4.78 is 0. The zero-order valence-corrected chi connectivity index (χ0v) is 12.7. The number of rotatable bonds is 6. The normalized spacial score (nSPS) is 19.0. The molecule has 4 heteroatoms. The molecule has 0 aliphatic carbocycles. The van der Waals surface area contributed by atoms with Crippen molar-refractivity contribution >= 4 is 12.1 Å². The molecule has 1 aromatic rings. The minimum absolute atomic E-state index is 0.0556. The molecule has 2 rings (SSSR count). The Morgan fingerprint density at radius 3 is 2.90 bits per heavy atom. The molecule has 1 heterocycles. The monoisotopic (exact) mass is 287 g/mol. The molecule has 0 spiro atoms. The molecule has 1 aromatic carbocycles. The van der Waals surface area contributed by atoms with E-state index in [1.165, 1.54) is 5.56 Å². The van der Waals surface area contributed by atoms with Gasteiger partial charge in [0, 0.05) is 26.2 Å². The summed E-state index contributed by atoms with van der Waals surface area (Å²) in [5.41, 5.74) is 1.24. The van der Waals surface area contributed by atoms with Gasteiger partial charge in [0.25, 0.3) is 0 Å². The van der Waals surface area contributed by atoms with Crippen molar-refractivity contribution < 1.29 is 4.79 Å². The van der Waals surface area contributed by atoms with Crippen LogP contribution in [0.3, 0.4) is 0 Å². The lowest BCUT2D eigenvalue weighted by molar-refractivity contribution is 0.239. The van der Waals surface area contributed by atoms with Gasteiger partial charge < -0.3 is 10.6 Å². The van der Waals surface area contributed by atoms with Gasteiger partial charge in [-0.05, 0) is 31.4 Å². The van der Waals surface area contributed by atoms with Crippen LogP contribution in [0.25, 0.3) is 6.08 Å². The fourth-order valence-electron chi connectivity index (χ4n) is 2.61. The lowest BCUT2D eigenvalue weighted by atomic mass is 10.1. The minimum Gasteiger partial charge on any atom is -0.338 e. The van der Waals surface area contributed by atoms with Crippen LogP contribution in [-0.4, -0.2) is 43.7 Å². The first-order chi connectivity index (χ1) is 10.3. The van der Waals surface area contributed by atoms with Crippen molar-refractivity contribution in [2.45, 2.75) is 13.3 Å². The second kappa shape index (κ2) is 8.47. The molecule has 2 N–H and O–H groups in total. The molecular formula is C17H25N3O. The molecule has 114 valence electrons. The van der Waals surface area contributed by atoms with Crippen LogP contribution in [0.1, 0.15) is 18.9 Å². The van der Waals surface area contributed by atoms with Crippen LogP contribution in [0.15, 0.2) is 36.4 Å². The van der Waals surface area contributed by atoms with Gasteiger partial charge in [0.2, 0.25) is 0 Å². The van der Waals surface area contributed by atoms with E-state index in [1.54, 1.807) is 0 Å². The van der Waals surface area contributed by atoms with Crippen molar-refractivity contribution in [1.82, 2.24) is 15.5 Å². The standard InChI is InChI=1S/C17H25N3O/c1-2-18-17(21)19-13-16-10-12-20(14-16)11-6-9-15-7-4-3-5-8-15/h3-9,16H,2,10-14H2,1H3,(H2,18,19,21). The highest BCUT2D eigenvalue weighted by Crippen LogP contribution is 2.15. The number of carbonyl (C=O) groups is 1. The molecule has 21 heavy (non-hydrogen) atoms. The summed E-state index contributed by atoms with van der Waals surface area (Å²) in [4.78, 5) is 13.8. The van der Waals surface area contributed by atoms with Gasteiger partial charge in [-0.2, -0.15) is 0 Å². The molecule has 0 bridgehead atoms. The van der Waals surface area contributed by atoms with E-state index in [4.69, 9.17) is 0 Å². The molecule has 1 aliphatic rings. The Morgan fingerprint density at radius 2 is 2.14 bits per heavy atom. The van der Waals surface area contributed by atoms with E-state index in [0.717, 1.165) is 32.6 Å². The molecule has 1 fully saturated rings. The van der Waals surface area contributed by atoms with E-state index in [1.807, 2.05) is 13.0 Å². The number of nitrogens with zero attached hydrogens (tertiary/aromatic N) is 1. The van der Waals surface area contributed by atoms with E-state index in [-0.39, 0.29) is 6.03 Å². The smallest absolute Gasteiger partial charge is 0.314 e. The number of nitrogens with one attached hydrogen (secondary N) is 2. The molecule has 1 aliphatic heterocycles. The highest BCUT2D eigenvalue weighted by Gasteiger charge is 2.21. The Hall–Kier alpha value is -1.81. The third-order valence-corrected chi connectivity index (χ3v) is 3.73. The summed E-state index contributed by atoms with van der Waals surface area (Å²) in [6.45, 7) is 6.52. The molecule has 0 radical (unpaired) electrons. The highest BCUT2D eigenvalue weighted by atomic mass is 16.2. The second-order valence-corrected chi connectivity index (χ2v) is 5.47. The predicted molar refractivity (Wildman–Crippen MR) is 87.1 cm³/mol. The number of hydrogen-bond donors (Lipinski definition) is 2. The Bertz CT molecular complexity index is 458. The first kappa shape index (κ1) is 15.6. The number of hydrogen-bond acceptors (Lipinski definition) is 2. The summed E-state index contributed by atoms with van der Waals surface area (Å²) in [6.07, 6.45) is 5.54. The molecule has 1 saturated heterocycles. The summed E-state index contributed by atoms with van der Waals surface area (Å²) in [5.74, 6) is 0.567. The summed E-state index contributed by atoms with van der Waals surface area (Å²) in [5, 5.41) is 5.69. The molecule has 2 amide bonds. The van der Waals surface area contributed by atoms with Gasteiger partial charge in [-0.15, -0.1) is 0 Å². The fourth-order valence-corrected chi connectivity index (χ4v) is 2.61. The second-order valence-electron chi connectivity index (χ2n) is 5.47.